The van der Waals surface area contributed by atoms with Crippen LogP contribution in [0.3, 0.4) is 0 Å². The van der Waals surface area contributed by atoms with Crippen LogP contribution in [0.15, 0.2) is 47.2 Å². The molecule has 5 heteroatoms. The minimum atomic E-state index is -0.0562. The summed E-state index contributed by atoms with van der Waals surface area (Å²) in [7, 11) is 0. The van der Waals surface area contributed by atoms with Crippen molar-refractivity contribution in [2.24, 2.45) is 0 Å². The Hall–Kier alpha value is -1.17. The lowest BCUT2D eigenvalue weighted by Crippen LogP contribution is -2.03. The van der Waals surface area contributed by atoms with Crippen molar-refractivity contribution < 1.29 is 4.84 Å². The van der Waals surface area contributed by atoms with E-state index in [4.69, 9.17) is 4.84 Å². The molecule has 17 heavy (non-hydrogen) atoms. The van der Waals surface area contributed by atoms with E-state index in [1.165, 1.54) is 0 Å². The van der Waals surface area contributed by atoms with E-state index in [1.54, 1.807) is 11.3 Å². The Morgan fingerprint density at radius 2 is 2.12 bits per heavy atom. The summed E-state index contributed by atoms with van der Waals surface area (Å²) in [5.74, 6) is 0. The van der Waals surface area contributed by atoms with Crippen LogP contribution in [0.4, 0.5) is 0 Å². The standard InChI is InChI=1S/C12H9BrN2OS/c13-11-6-9(16-15-11)10-7-14-12(17-10)8-4-2-1-3-5-8/h1-7,9,15H/t9-/m1/s1. The van der Waals surface area contributed by atoms with Gasteiger partial charge in [0.1, 0.15) is 15.7 Å². The molecular weight excluding hydrogens is 300 g/mol. The summed E-state index contributed by atoms with van der Waals surface area (Å²) < 4.78 is 0.858. The molecule has 0 radical (unpaired) electrons. The van der Waals surface area contributed by atoms with Crippen LogP contribution in [0.25, 0.3) is 10.6 Å². The van der Waals surface area contributed by atoms with Gasteiger partial charge >= 0.3 is 0 Å². The smallest absolute Gasteiger partial charge is 0.142 e. The number of nitrogens with one attached hydrogen (secondary N) is 1. The molecule has 0 unspecified atom stereocenters. The molecule has 1 aliphatic rings. The second kappa shape index (κ2) is 4.60. The van der Waals surface area contributed by atoms with Crippen LogP contribution >= 0.6 is 27.3 Å². The van der Waals surface area contributed by atoms with Crippen LogP contribution in [0.1, 0.15) is 11.0 Å². The summed E-state index contributed by atoms with van der Waals surface area (Å²) in [4.78, 5) is 10.9. The normalized spacial score (nSPS) is 18.9. The first-order valence-corrected chi connectivity index (χ1v) is 6.74. The van der Waals surface area contributed by atoms with Crippen molar-refractivity contribution in [2.75, 3.05) is 0 Å². The van der Waals surface area contributed by atoms with Crippen molar-refractivity contribution in [1.29, 1.82) is 0 Å². The van der Waals surface area contributed by atoms with E-state index < -0.39 is 0 Å². The molecule has 0 saturated carbocycles. The summed E-state index contributed by atoms with van der Waals surface area (Å²) in [6, 6.07) is 10.1. The van der Waals surface area contributed by atoms with Gasteiger partial charge in [0.05, 0.1) is 4.88 Å². The molecule has 2 aromatic rings. The van der Waals surface area contributed by atoms with Gasteiger partial charge in [0.2, 0.25) is 0 Å². The zero-order valence-electron chi connectivity index (χ0n) is 8.76. The second-order valence-electron chi connectivity index (χ2n) is 3.59. The van der Waals surface area contributed by atoms with Gasteiger partial charge < -0.3 is 0 Å². The second-order valence-corrected chi connectivity index (χ2v) is 5.51. The quantitative estimate of drug-likeness (QED) is 0.860. The SMILES string of the molecule is BrC1=C[C@H](c2cnc(-c3ccccc3)s2)ON1. The molecule has 1 N–H and O–H groups in total. The minimum Gasteiger partial charge on any atom is -0.262 e. The molecule has 2 heterocycles. The van der Waals surface area contributed by atoms with Crippen molar-refractivity contribution in [1.82, 2.24) is 10.5 Å². The Kier molecular flexibility index (Phi) is 2.96. The number of nitrogens with zero attached hydrogens (tertiary/aromatic N) is 1. The first-order valence-electron chi connectivity index (χ1n) is 5.13. The van der Waals surface area contributed by atoms with Gasteiger partial charge in [0.15, 0.2) is 0 Å². The van der Waals surface area contributed by atoms with Crippen molar-refractivity contribution in [3.63, 3.8) is 0 Å². The predicted molar refractivity (Wildman–Crippen MR) is 71.5 cm³/mol. The summed E-state index contributed by atoms with van der Waals surface area (Å²) in [5.41, 5.74) is 3.91. The number of hydroxylamine groups is 1. The van der Waals surface area contributed by atoms with E-state index in [-0.39, 0.29) is 6.10 Å². The number of benzene rings is 1. The average molecular weight is 309 g/mol. The first-order chi connectivity index (χ1) is 8.33. The molecule has 0 amide bonds. The zero-order chi connectivity index (χ0) is 11.7. The number of hydrogen-bond acceptors (Lipinski definition) is 4. The lowest BCUT2D eigenvalue weighted by Gasteiger charge is -2.02. The van der Waals surface area contributed by atoms with Crippen LogP contribution < -0.4 is 5.48 Å². The summed E-state index contributed by atoms with van der Waals surface area (Å²) in [6.07, 6.45) is 3.78. The van der Waals surface area contributed by atoms with Crippen molar-refractivity contribution in [2.45, 2.75) is 6.10 Å². The summed E-state index contributed by atoms with van der Waals surface area (Å²) in [6.45, 7) is 0. The summed E-state index contributed by atoms with van der Waals surface area (Å²) >= 11 is 4.98. The molecule has 1 aliphatic heterocycles. The fourth-order valence-corrected chi connectivity index (χ4v) is 2.85. The van der Waals surface area contributed by atoms with E-state index in [1.807, 2.05) is 30.5 Å². The highest BCUT2D eigenvalue weighted by molar-refractivity contribution is 9.11. The van der Waals surface area contributed by atoms with Gasteiger partial charge in [0, 0.05) is 11.8 Å². The predicted octanol–water partition coefficient (Wildman–Crippen LogP) is 3.62. The minimum absolute atomic E-state index is 0.0562. The molecule has 1 atom stereocenters. The highest BCUT2D eigenvalue weighted by Gasteiger charge is 2.19. The van der Waals surface area contributed by atoms with Gasteiger partial charge in [-0.15, -0.1) is 11.3 Å². The van der Waals surface area contributed by atoms with E-state index in [9.17, 15) is 0 Å². The number of halogens is 1. The third-order valence-electron chi connectivity index (χ3n) is 2.41. The van der Waals surface area contributed by atoms with E-state index in [2.05, 4.69) is 38.5 Å². The molecule has 3 rings (SSSR count). The summed E-state index contributed by atoms with van der Waals surface area (Å²) in [5, 5.41) is 1.01. The van der Waals surface area contributed by atoms with Gasteiger partial charge in [-0.05, 0) is 22.0 Å². The van der Waals surface area contributed by atoms with Crippen LogP contribution in [0.5, 0.6) is 0 Å². The topological polar surface area (TPSA) is 34.1 Å². The van der Waals surface area contributed by atoms with E-state index in [0.717, 1.165) is 20.1 Å². The molecule has 0 bridgehead atoms. The Morgan fingerprint density at radius 1 is 1.29 bits per heavy atom. The first kappa shape index (κ1) is 11.0. The third kappa shape index (κ3) is 2.26. The maximum Gasteiger partial charge on any atom is 0.142 e. The van der Waals surface area contributed by atoms with Crippen LogP contribution in [0, 0.1) is 0 Å². The number of hydrogen-bond donors (Lipinski definition) is 1. The van der Waals surface area contributed by atoms with Crippen molar-refractivity contribution in [3.8, 4) is 10.6 Å². The molecule has 3 nitrogen and oxygen atoms in total. The van der Waals surface area contributed by atoms with Gasteiger partial charge in [0.25, 0.3) is 0 Å². The monoisotopic (exact) mass is 308 g/mol. The van der Waals surface area contributed by atoms with Crippen LogP contribution in [0.2, 0.25) is 0 Å². The third-order valence-corrected chi connectivity index (χ3v) is 3.94. The molecule has 0 saturated heterocycles. The van der Waals surface area contributed by atoms with Gasteiger partial charge in [-0.1, -0.05) is 30.3 Å². The fourth-order valence-electron chi connectivity index (χ4n) is 1.59. The number of aromatic nitrogens is 1. The number of thiazole rings is 1. The van der Waals surface area contributed by atoms with Crippen molar-refractivity contribution in [3.05, 3.63) is 52.1 Å². The largest absolute Gasteiger partial charge is 0.262 e. The highest BCUT2D eigenvalue weighted by Crippen LogP contribution is 2.33. The van der Waals surface area contributed by atoms with Crippen LogP contribution in [-0.4, -0.2) is 4.98 Å². The molecular formula is C12H9BrN2OS. The lowest BCUT2D eigenvalue weighted by atomic mass is 10.2. The molecule has 1 aromatic carbocycles. The zero-order valence-corrected chi connectivity index (χ0v) is 11.2. The molecule has 0 aliphatic carbocycles. The highest BCUT2D eigenvalue weighted by atomic mass is 79.9. The van der Waals surface area contributed by atoms with Gasteiger partial charge in [-0.2, -0.15) is 0 Å². The average Bonchev–Trinajstić information content (AvgIpc) is 2.98. The molecule has 86 valence electrons. The van der Waals surface area contributed by atoms with Gasteiger partial charge in [-0.25, -0.2) is 4.98 Å². The fraction of sp³-hybridized carbons (Fsp3) is 0.0833. The van der Waals surface area contributed by atoms with Crippen LogP contribution in [-0.2, 0) is 4.84 Å². The van der Waals surface area contributed by atoms with E-state index in [0.29, 0.717) is 0 Å². The Labute approximate surface area is 111 Å². The Balaban J connectivity index is 1.89. The Morgan fingerprint density at radius 3 is 2.82 bits per heavy atom. The maximum atomic E-state index is 5.38. The molecule has 0 spiro atoms. The molecule has 0 fully saturated rings. The number of rotatable bonds is 2. The van der Waals surface area contributed by atoms with E-state index >= 15 is 0 Å². The van der Waals surface area contributed by atoms with Gasteiger partial charge in [-0.3, -0.25) is 10.3 Å². The maximum absolute atomic E-state index is 5.38. The lowest BCUT2D eigenvalue weighted by molar-refractivity contribution is 0.0476. The van der Waals surface area contributed by atoms with Crippen molar-refractivity contribution >= 4 is 27.3 Å². The molecule has 1 aromatic heterocycles. The Bertz CT molecular complexity index is 553.